The van der Waals surface area contributed by atoms with E-state index in [1.54, 1.807) is 0 Å². The van der Waals surface area contributed by atoms with Gasteiger partial charge in [0.25, 0.3) is 0 Å². The van der Waals surface area contributed by atoms with Gasteiger partial charge in [0.2, 0.25) is 0 Å². The third-order valence-corrected chi connectivity index (χ3v) is 2.66. The predicted octanol–water partition coefficient (Wildman–Crippen LogP) is 2.66. The Morgan fingerprint density at radius 3 is 2.09 bits per heavy atom. The summed E-state index contributed by atoms with van der Waals surface area (Å²) < 4.78 is 0. The molecule has 1 rings (SSSR count). The molecule has 0 heterocycles. The highest BCUT2D eigenvalue weighted by Crippen LogP contribution is 2.30. The second-order valence-corrected chi connectivity index (χ2v) is 4.03. The zero-order valence-corrected chi connectivity index (χ0v) is 8.30. The van der Waals surface area contributed by atoms with Gasteiger partial charge < -0.3 is 0 Å². The fourth-order valence-electron chi connectivity index (χ4n) is 1.87. The van der Waals surface area contributed by atoms with Crippen molar-refractivity contribution >= 4 is 0 Å². The van der Waals surface area contributed by atoms with E-state index >= 15 is 0 Å². The van der Waals surface area contributed by atoms with Crippen molar-refractivity contribution in [3.05, 3.63) is 0 Å². The summed E-state index contributed by atoms with van der Waals surface area (Å²) in [6.07, 6.45) is 4.15. The van der Waals surface area contributed by atoms with Crippen LogP contribution in [0.4, 0.5) is 0 Å². The Hall–Kier alpha value is -0.0400. The zero-order chi connectivity index (χ0) is 8.43. The maximum atomic E-state index is 2.67. The van der Waals surface area contributed by atoms with Gasteiger partial charge in [-0.15, -0.1) is 0 Å². The van der Waals surface area contributed by atoms with Crippen molar-refractivity contribution in [3.63, 3.8) is 0 Å². The molecule has 1 nitrogen and oxygen atoms in total. The fraction of sp³-hybridized carbons (Fsp3) is 1.00. The minimum Gasteiger partial charge on any atom is -0.295 e. The van der Waals surface area contributed by atoms with E-state index in [1.807, 2.05) is 0 Å². The highest BCUT2D eigenvalue weighted by molar-refractivity contribution is 4.88. The van der Waals surface area contributed by atoms with E-state index in [4.69, 9.17) is 0 Å². The summed E-state index contributed by atoms with van der Waals surface area (Å²) in [5.41, 5.74) is 0. The summed E-state index contributed by atoms with van der Waals surface area (Å²) in [6.45, 7) is 9.25. The molecule has 1 saturated carbocycles. The summed E-state index contributed by atoms with van der Waals surface area (Å²) in [6, 6.07) is 2.44. The number of hydrogen-bond acceptors (Lipinski definition) is 1. The SMILES string of the molecule is CCC(C)N(C(C)C)C1CC1. The van der Waals surface area contributed by atoms with Crippen LogP contribution in [0, 0.1) is 0 Å². The van der Waals surface area contributed by atoms with E-state index in [-0.39, 0.29) is 0 Å². The van der Waals surface area contributed by atoms with Crippen LogP contribution in [0.5, 0.6) is 0 Å². The summed E-state index contributed by atoms with van der Waals surface area (Å²) in [7, 11) is 0. The Morgan fingerprint density at radius 1 is 1.27 bits per heavy atom. The molecular formula is C10H21N. The molecule has 1 aliphatic carbocycles. The van der Waals surface area contributed by atoms with Crippen LogP contribution in [0.3, 0.4) is 0 Å². The van der Waals surface area contributed by atoms with Gasteiger partial charge in [0.15, 0.2) is 0 Å². The van der Waals surface area contributed by atoms with E-state index in [0.717, 1.165) is 18.1 Å². The summed E-state index contributed by atoms with van der Waals surface area (Å²) in [5, 5.41) is 0. The second kappa shape index (κ2) is 3.57. The lowest BCUT2D eigenvalue weighted by molar-refractivity contribution is 0.150. The first-order valence-electron chi connectivity index (χ1n) is 4.94. The van der Waals surface area contributed by atoms with Gasteiger partial charge >= 0.3 is 0 Å². The molecule has 0 radical (unpaired) electrons. The maximum absolute atomic E-state index is 2.67. The molecule has 0 aliphatic heterocycles. The van der Waals surface area contributed by atoms with Crippen LogP contribution in [0.2, 0.25) is 0 Å². The normalized spacial score (nSPS) is 21.3. The van der Waals surface area contributed by atoms with Crippen LogP contribution < -0.4 is 0 Å². The molecule has 1 aliphatic rings. The predicted molar refractivity (Wildman–Crippen MR) is 49.8 cm³/mol. The Balaban J connectivity index is 2.44. The lowest BCUT2D eigenvalue weighted by atomic mass is 10.1. The van der Waals surface area contributed by atoms with Crippen molar-refractivity contribution in [2.45, 2.75) is 65.1 Å². The van der Waals surface area contributed by atoms with Gasteiger partial charge in [-0.1, -0.05) is 6.92 Å². The third kappa shape index (κ3) is 2.19. The average Bonchev–Trinajstić information content (AvgIpc) is 2.71. The molecule has 0 saturated heterocycles. The lowest BCUT2D eigenvalue weighted by Gasteiger charge is -2.32. The lowest BCUT2D eigenvalue weighted by Crippen LogP contribution is -2.40. The molecule has 11 heavy (non-hydrogen) atoms. The van der Waals surface area contributed by atoms with E-state index in [2.05, 4.69) is 32.6 Å². The molecule has 1 atom stereocenters. The first-order chi connectivity index (χ1) is 5.16. The van der Waals surface area contributed by atoms with Crippen molar-refractivity contribution in [3.8, 4) is 0 Å². The van der Waals surface area contributed by atoms with Gasteiger partial charge in [0.1, 0.15) is 0 Å². The third-order valence-electron chi connectivity index (χ3n) is 2.66. The van der Waals surface area contributed by atoms with Gasteiger partial charge in [-0.25, -0.2) is 0 Å². The standard InChI is InChI=1S/C10H21N/c1-5-9(4)11(8(2)3)10-6-7-10/h8-10H,5-7H2,1-4H3. The van der Waals surface area contributed by atoms with Gasteiger partial charge in [0, 0.05) is 18.1 Å². The molecule has 0 aromatic carbocycles. The summed E-state index contributed by atoms with van der Waals surface area (Å²) in [4.78, 5) is 2.67. The molecule has 1 unspecified atom stereocenters. The second-order valence-electron chi connectivity index (χ2n) is 4.03. The first-order valence-corrected chi connectivity index (χ1v) is 4.94. The van der Waals surface area contributed by atoms with Crippen LogP contribution >= 0.6 is 0 Å². The highest BCUT2D eigenvalue weighted by Gasteiger charge is 2.32. The van der Waals surface area contributed by atoms with E-state index in [9.17, 15) is 0 Å². The van der Waals surface area contributed by atoms with Crippen LogP contribution in [0.1, 0.15) is 47.0 Å². The number of rotatable bonds is 4. The Morgan fingerprint density at radius 2 is 1.82 bits per heavy atom. The van der Waals surface area contributed by atoms with Crippen LogP contribution in [0.25, 0.3) is 0 Å². The van der Waals surface area contributed by atoms with Crippen LogP contribution in [-0.4, -0.2) is 23.0 Å². The Labute approximate surface area is 70.8 Å². The molecule has 0 aromatic rings. The van der Waals surface area contributed by atoms with Crippen molar-refractivity contribution in [2.24, 2.45) is 0 Å². The van der Waals surface area contributed by atoms with Gasteiger partial charge in [-0.2, -0.15) is 0 Å². The highest BCUT2D eigenvalue weighted by atomic mass is 15.2. The van der Waals surface area contributed by atoms with Gasteiger partial charge in [-0.3, -0.25) is 4.90 Å². The summed E-state index contributed by atoms with van der Waals surface area (Å²) in [5.74, 6) is 0. The molecule has 0 amide bonds. The van der Waals surface area contributed by atoms with Gasteiger partial charge in [-0.05, 0) is 40.0 Å². The van der Waals surface area contributed by atoms with Crippen molar-refractivity contribution in [1.82, 2.24) is 4.90 Å². The monoisotopic (exact) mass is 155 g/mol. The molecule has 1 fully saturated rings. The maximum Gasteiger partial charge on any atom is 0.0102 e. The summed E-state index contributed by atoms with van der Waals surface area (Å²) >= 11 is 0. The van der Waals surface area contributed by atoms with E-state index in [0.29, 0.717) is 0 Å². The van der Waals surface area contributed by atoms with Gasteiger partial charge in [0.05, 0.1) is 0 Å². The smallest absolute Gasteiger partial charge is 0.0102 e. The van der Waals surface area contributed by atoms with E-state index in [1.165, 1.54) is 19.3 Å². The average molecular weight is 155 g/mol. The molecule has 0 bridgehead atoms. The molecule has 66 valence electrons. The first kappa shape index (κ1) is 9.05. The zero-order valence-electron chi connectivity index (χ0n) is 8.30. The van der Waals surface area contributed by atoms with Crippen LogP contribution in [0.15, 0.2) is 0 Å². The largest absolute Gasteiger partial charge is 0.295 e. The minimum absolute atomic E-state index is 0.734. The van der Waals surface area contributed by atoms with E-state index < -0.39 is 0 Å². The van der Waals surface area contributed by atoms with Crippen molar-refractivity contribution in [1.29, 1.82) is 0 Å². The quantitative estimate of drug-likeness (QED) is 0.603. The molecule has 0 aromatic heterocycles. The van der Waals surface area contributed by atoms with Crippen molar-refractivity contribution < 1.29 is 0 Å². The molecule has 0 spiro atoms. The van der Waals surface area contributed by atoms with Crippen molar-refractivity contribution in [2.75, 3.05) is 0 Å². The Bertz CT molecular complexity index is 114. The topological polar surface area (TPSA) is 3.24 Å². The fourth-order valence-corrected chi connectivity index (χ4v) is 1.87. The number of hydrogen-bond donors (Lipinski definition) is 0. The molecule has 0 N–H and O–H groups in total. The molecule has 1 heteroatoms. The Kier molecular flexibility index (Phi) is 2.94. The molecular weight excluding hydrogens is 134 g/mol. The minimum atomic E-state index is 0.734. The number of nitrogens with zero attached hydrogens (tertiary/aromatic N) is 1. The van der Waals surface area contributed by atoms with Crippen LogP contribution in [-0.2, 0) is 0 Å².